The van der Waals surface area contributed by atoms with E-state index < -0.39 is 0 Å². The summed E-state index contributed by atoms with van der Waals surface area (Å²) in [6, 6.07) is 0.289. The standard InChI is InChI=1S/C10H22N2O2S/c1-9(8-14-4)12(2)10(15)11-6-5-7-13-3/h9H,5-8H2,1-4H3,(H,11,15). The second-order valence-corrected chi connectivity index (χ2v) is 3.88. The van der Waals surface area contributed by atoms with Crippen LogP contribution in [0.2, 0.25) is 0 Å². The molecule has 4 nitrogen and oxygen atoms in total. The van der Waals surface area contributed by atoms with Crippen molar-refractivity contribution in [2.24, 2.45) is 0 Å². The first-order valence-electron chi connectivity index (χ1n) is 5.12. The van der Waals surface area contributed by atoms with E-state index in [-0.39, 0.29) is 6.04 Å². The molecule has 0 spiro atoms. The monoisotopic (exact) mass is 234 g/mol. The number of ether oxygens (including phenoxy) is 2. The van der Waals surface area contributed by atoms with E-state index in [2.05, 4.69) is 12.2 Å². The summed E-state index contributed by atoms with van der Waals surface area (Å²) in [6.45, 7) is 4.35. The Morgan fingerprint density at radius 2 is 2.07 bits per heavy atom. The summed E-state index contributed by atoms with van der Waals surface area (Å²) in [4.78, 5) is 2.01. The van der Waals surface area contributed by atoms with Crippen LogP contribution in [0.3, 0.4) is 0 Å². The van der Waals surface area contributed by atoms with E-state index in [9.17, 15) is 0 Å². The van der Waals surface area contributed by atoms with E-state index in [1.807, 2.05) is 11.9 Å². The lowest BCUT2D eigenvalue weighted by atomic mass is 10.3. The lowest BCUT2D eigenvalue weighted by molar-refractivity contribution is 0.145. The molecule has 0 saturated heterocycles. The minimum Gasteiger partial charge on any atom is -0.385 e. The molecule has 0 amide bonds. The van der Waals surface area contributed by atoms with Crippen LogP contribution in [0.25, 0.3) is 0 Å². The molecule has 0 fully saturated rings. The molecular weight excluding hydrogens is 212 g/mol. The number of nitrogens with one attached hydrogen (secondary N) is 1. The minimum absolute atomic E-state index is 0.289. The Morgan fingerprint density at radius 3 is 2.60 bits per heavy atom. The van der Waals surface area contributed by atoms with Gasteiger partial charge in [-0.3, -0.25) is 0 Å². The summed E-state index contributed by atoms with van der Waals surface area (Å²) in [6.07, 6.45) is 0.961. The molecular formula is C10H22N2O2S. The van der Waals surface area contributed by atoms with Crippen LogP contribution in [0.5, 0.6) is 0 Å². The van der Waals surface area contributed by atoms with Crippen LogP contribution < -0.4 is 5.32 Å². The average molecular weight is 234 g/mol. The molecule has 0 radical (unpaired) electrons. The van der Waals surface area contributed by atoms with Gasteiger partial charge in [-0.1, -0.05) is 0 Å². The zero-order valence-electron chi connectivity index (χ0n) is 10.1. The normalized spacial score (nSPS) is 12.3. The highest BCUT2D eigenvalue weighted by Gasteiger charge is 2.11. The van der Waals surface area contributed by atoms with Crippen LogP contribution in [0, 0.1) is 0 Å². The van der Waals surface area contributed by atoms with Gasteiger partial charge in [-0.05, 0) is 25.6 Å². The van der Waals surface area contributed by atoms with Gasteiger partial charge < -0.3 is 19.7 Å². The van der Waals surface area contributed by atoms with E-state index in [1.165, 1.54) is 0 Å². The molecule has 0 aliphatic heterocycles. The Labute approximate surface area is 97.9 Å². The number of methoxy groups -OCH3 is 2. The van der Waals surface area contributed by atoms with Crippen LogP contribution in [0.1, 0.15) is 13.3 Å². The van der Waals surface area contributed by atoms with Gasteiger partial charge in [-0.2, -0.15) is 0 Å². The van der Waals surface area contributed by atoms with Gasteiger partial charge in [-0.15, -0.1) is 0 Å². The molecule has 0 aromatic rings. The Hall–Kier alpha value is -0.390. The predicted molar refractivity (Wildman–Crippen MR) is 66.2 cm³/mol. The molecule has 1 unspecified atom stereocenters. The summed E-state index contributed by atoms with van der Waals surface area (Å²) >= 11 is 5.24. The molecule has 0 rings (SSSR count). The highest BCUT2D eigenvalue weighted by Crippen LogP contribution is 1.96. The molecule has 90 valence electrons. The smallest absolute Gasteiger partial charge is 0.168 e. The molecule has 0 aliphatic rings. The molecule has 0 saturated carbocycles. The van der Waals surface area contributed by atoms with Gasteiger partial charge in [0.1, 0.15) is 0 Å². The molecule has 0 heterocycles. The second-order valence-electron chi connectivity index (χ2n) is 3.49. The van der Waals surface area contributed by atoms with Gasteiger partial charge in [0.15, 0.2) is 5.11 Å². The van der Waals surface area contributed by atoms with Crippen molar-refractivity contribution in [1.82, 2.24) is 10.2 Å². The first-order chi connectivity index (χ1) is 7.13. The van der Waals surface area contributed by atoms with Crippen molar-refractivity contribution in [2.45, 2.75) is 19.4 Å². The maximum atomic E-state index is 5.24. The molecule has 0 aliphatic carbocycles. The van der Waals surface area contributed by atoms with Crippen molar-refractivity contribution in [1.29, 1.82) is 0 Å². The Kier molecular flexibility index (Phi) is 8.65. The van der Waals surface area contributed by atoms with Crippen LogP contribution in [-0.4, -0.2) is 57.1 Å². The first-order valence-corrected chi connectivity index (χ1v) is 5.52. The summed E-state index contributed by atoms with van der Waals surface area (Å²) in [7, 11) is 5.36. The average Bonchev–Trinajstić information content (AvgIpc) is 2.23. The molecule has 0 bridgehead atoms. The van der Waals surface area contributed by atoms with Gasteiger partial charge in [0, 0.05) is 34.4 Å². The Morgan fingerprint density at radius 1 is 1.40 bits per heavy atom. The topological polar surface area (TPSA) is 33.7 Å². The fourth-order valence-corrected chi connectivity index (χ4v) is 1.37. The Balaban J connectivity index is 3.68. The van der Waals surface area contributed by atoms with E-state index >= 15 is 0 Å². The van der Waals surface area contributed by atoms with Crippen molar-refractivity contribution < 1.29 is 9.47 Å². The van der Waals surface area contributed by atoms with E-state index in [4.69, 9.17) is 21.7 Å². The zero-order valence-corrected chi connectivity index (χ0v) is 10.9. The van der Waals surface area contributed by atoms with Crippen molar-refractivity contribution in [3.63, 3.8) is 0 Å². The van der Waals surface area contributed by atoms with Crippen LogP contribution in [0.4, 0.5) is 0 Å². The van der Waals surface area contributed by atoms with Crippen LogP contribution in [-0.2, 0) is 9.47 Å². The fourth-order valence-electron chi connectivity index (χ4n) is 1.09. The van der Waals surface area contributed by atoms with E-state index in [0.29, 0.717) is 6.61 Å². The van der Waals surface area contributed by atoms with E-state index in [0.717, 1.165) is 24.7 Å². The zero-order chi connectivity index (χ0) is 11.7. The van der Waals surface area contributed by atoms with Gasteiger partial charge in [0.05, 0.1) is 12.6 Å². The number of nitrogens with zero attached hydrogens (tertiary/aromatic N) is 1. The minimum atomic E-state index is 0.289. The molecule has 0 aromatic heterocycles. The number of thiocarbonyl (C=S) groups is 1. The highest BCUT2D eigenvalue weighted by atomic mass is 32.1. The van der Waals surface area contributed by atoms with Gasteiger partial charge in [-0.25, -0.2) is 0 Å². The summed E-state index contributed by atoms with van der Waals surface area (Å²) in [5.74, 6) is 0. The molecule has 1 N–H and O–H groups in total. The second kappa shape index (κ2) is 8.88. The lowest BCUT2D eigenvalue weighted by Crippen LogP contribution is -2.44. The molecule has 5 heteroatoms. The molecule has 15 heavy (non-hydrogen) atoms. The first kappa shape index (κ1) is 14.6. The van der Waals surface area contributed by atoms with Crippen molar-refractivity contribution in [2.75, 3.05) is 41.0 Å². The van der Waals surface area contributed by atoms with Gasteiger partial charge >= 0.3 is 0 Å². The SMILES string of the molecule is COCCCNC(=S)N(C)C(C)COC. The molecule has 1 atom stereocenters. The van der Waals surface area contributed by atoms with Crippen LogP contribution in [0.15, 0.2) is 0 Å². The maximum absolute atomic E-state index is 5.24. The summed E-state index contributed by atoms with van der Waals surface area (Å²) < 4.78 is 10.0. The predicted octanol–water partition coefficient (Wildman–Crippen LogP) is 0.864. The maximum Gasteiger partial charge on any atom is 0.168 e. The molecule has 0 aromatic carbocycles. The largest absolute Gasteiger partial charge is 0.385 e. The third-order valence-electron chi connectivity index (χ3n) is 2.19. The number of hydrogen-bond acceptors (Lipinski definition) is 3. The quantitative estimate of drug-likeness (QED) is 0.522. The number of rotatable bonds is 7. The summed E-state index contributed by atoms with van der Waals surface area (Å²) in [5, 5.41) is 3.94. The van der Waals surface area contributed by atoms with Crippen molar-refractivity contribution in [3.8, 4) is 0 Å². The third kappa shape index (κ3) is 6.65. The highest BCUT2D eigenvalue weighted by molar-refractivity contribution is 7.80. The van der Waals surface area contributed by atoms with Gasteiger partial charge in [0.2, 0.25) is 0 Å². The summed E-state index contributed by atoms with van der Waals surface area (Å²) in [5.41, 5.74) is 0. The number of hydrogen-bond donors (Lipinski definition) is 1. The van der Waals surface area contributed by atoms with Crippen molar-refractivity contribution >= 4 is 17.3 Å². The Bertz CT molecular complexity index is 179. The van der Waals surface area contributed by atoms with Gasteiger partial charge in [0.25, 0.3) is 0 Å². The van der Waals surface area contributed by atoms with E-state index in [1.54, 1.807) is 14.2 Å². The fraction of sp³-hybridized carbons (Fsp3) is 0.900. The third-order valence-corrected chi connectivity index (χ3v) is 2.62. The lowest BCUT2D eigenvalue weighted by Gasteiger charge is -2.27. The van der Waals surface area contributed by atoms with Crippen molar-refractivity contribution in [3.05, 3.63) is 0 Å². The number of likely N-dealkylation sites (N-methyl/N-ethyl adjacent to an activating group) is 1. The van der Waals surface area contributed by atoms with Crippen LogP contribution >= 0.6 is 12.2 Å².